The van der Waals surface area contributed by atoms with Gasteiger partial charge < -0.3 is 15.2 Å². The van der Waals surface area contributed by atoms with Crippen molar-refractivity contribution in [1.82, 2.24) is 25.2 Å². The molecule has 31 heavy (non-hydrogen) atoms. The normalized spacial score (nSPS) is 18.7. The van der Waals surface area contributed by atoms with Gasteiger partial charge in [-0.15, -0.1) is 0 Å². The predicted molar refractivity (Wildman–Crippen MR) is 123 cm³/mol. The summed E-state index contributed by atoms with van der Waals surface area (Å²) in [6.07, 6.45) is 4.06. The van der Waals surface area contributed by atoms with Crippen molar-refractivity contribution < 1.29 is 9.59 Å². The van der Waals surface area contributed by atoms with Crippen molar-refractivity contribution in [3.05, 3.63) is 67.3 Å². The zero-order valence-electron chi connectivity index (χ0n) is 16.6. The molecule has 10 heteroatoms. The number of halogens is 2. The Morgan fingerprint density at radius 2 is 1.97 bits per heavy atom. The van der Waals surface area contributed by atoms with Crippen LogP contribution < -0.4 is 10.9 Å². The van der Waals surface area contributed by atoms with Gasteiger partial charge in [-0.1, -0.05) is 6.92 Å². The largest absolute Gasteiger partial charge is 0.346 e. The Balaban J connectivity index is 1.50. The second-order valence-electron chi connectivity index (χ2n) is 7.54. The molecule has 4 heterocycles. The number of hydrogen-bond donors (Lipinski definition) is 2. The highest BCUT2D eigenvalue weighted by atomic mass is 79.9. The summed E-state index contributed by atoms with van der Waals surface area (Å²) in [5, 5.41) is 3.85. The Kier molecular flexibility index (Phi) is 6.19. The highest BCUT2D eigenvalue weighted by Crippen LogP contribution is 2.22. The Labute approximate surface area is 194 Å². The molecule has 160 valence electrons. The molecular formula is C21H19Br2N5O3. The lowest BCUT2D eigenvalue weighted by atomic mass is 9.93. The molecule has 3 aromatic heterocycles. The van der Waals surface area contributed by atoms with Crippen molar-refractivity contribution >= 4 is 54.6 Å². The summed E-state index contributed by atoms with van der Waals surface area (Å²) in [7, 11) is 0. The third-order valence-electron chi connectivity index (χ3n) is 5.44. The molecule has 2 unspecified atom stereocenters. The molecule has 3 aromatic rings. The lowest BCUT2D eigenvalue weighted by Gasteiger charge is -2.37. The van der Waals surface area contributed by atoms with Gasteiger partial charge in [-0.3, -0.25) is 19.4 Å². The van der Waals surface area contributed by atoms with Gasteiger partial charge in [0.15, 0.2) is 0 Å². The summed E-state index contributed by atoms with van der Waals surface area (Å²) in [6.45, 7) is 2.95. The maximum atomic E-state index is 12.9. The third-order valence-corrected chi connectivity index (χ3v) is 6.65. The minimum absolute atomic E-state index is 0.188. The van der Waals surface area contributed by atoms with Crippen LogP contribution in [0.1, 0.15) is 34.3 Å². The van der Waals surface area contributed by atoms with Crippen LogP contribution in [0.25, 0.3) is 10.9 Å². The highest BCUT2D eigenvalue weighted by Gasteiger charge is 2.31. The molecule has 1 aliphatic heterocycles. The quantitative estimate of drug-likeness (QED) is 0.523. The van der Waals surface area contributed by atoms with Crippen LogP contribution in [0.5, 0.6) is 0 Å². The summed E-state index contributed by atoms with van der Waals surface area (Å²) in [6, 6.07) is 6.36. The van der Waals surface area contributed by atoms with Crippen LogP contribution in [0.2, 0.25) is 0 Å². The van der Waals surface area contributed by atoms with Gasteiger partial charge in [-0.2, -0.15) is 0 Å². The number of pyridine rings is 3. The first kappa shape index (κ1) is 21.6. The number of rotatable bonds is 3. The predicted octanol–water partition coefficient (Wildman–Crippen LogP) is 3.12. The molecule has 2 amide bonds. The number of amides is 2. The van der Waals surface area contributed by atoms with Gasteiger partial charge in [-0.25, -0.2) is 4.98 Å². The van der Waals surface area contributed by atoms with Crippen LogP contribution in [0.15, 0.2) is 50.4 Å². The Morgan fingerprint density at radius 3 is 2.74 bits per heavy atom. The fourth-order valence-electron chi connectivity index (χ4n) is 3.57. The molecule has 0 aliphatic carbocycles. The van der Waals surface area contributed by atoms with Gasteiger partial charge in [0.2, 0.25) is 0 Å². The number of nitrogens with one attached hydrogen (secondary N) is 2. The van der Waals surface area contributed by atoms with E-state index in [1.807, 2.05) is 6.92 Å². The lowest BCUT2D eigenvalue weighted by molar-refractivity contribution is 0.0618. The number of H-pyrrole nitrogens is 1. The number of nitrogens with zero attached hydrogens (tertiary/aromatic N) is 3. The van der Waals surface area contributed by atoms with Gasteiger partial charge in [0.05, 0.1) is 14.5 Å². The van der Waals surface area contributed by atoms with E-state index in [1.54, 1.807) is 41.6 Å². The van der Waals surface area contributed by atoms with Crippen LogP contribution in [0.4, 0.5) is 0 Å². The standard InChI is InChI=1S/C21H19Br2N5O3/c1-11-6-7-28(21(31)16-5-3-13(22)19(29)26-16)10-17(11)27-20(30)15-4-2-12-8-24-9-14(23)18(12)25-15/h2-5,8-9,11,17H,6-7,10H2,1H3,(H,26,29)(H,27,30). The minimum atomic E-state index is -0.357. The molecule has 1 aliphatic rings. The van der Waals surface area contributed by atoms with E-state index >= 15 is 0 Å². The maximum Gasteiger partial charge on any atom is 0.270 e. The summed E-state index contributed by atoms with van der Waals surface area (Å²) >= 11 is 6.55. The molecule has 0 saturated carbocycles. The monoisotopic (exact) mass is 547 g/mol. The number of aromatic nitrogens is 3. The molecule has 4 rings (SSSR count). The van der Waals surface area contributed by atoms with Gasteiger partial charge in [0.1, 0.15) is 11.4 Å². The fraction of sp³-hybridized carbons (Fsp3) is 0.286. The van der Waals surface area contributed by atoms with Crippen LogP contribution in [0.3, 0.4) is 0 Å². The second kappa shape index (κ2) is 8.88. The van der Waals surface area contributed by atoms with E-state index in [0.29, 0.717) is 33.2 Å². The Morgan fingerprint density at radius 1 is 1.16 bits per heavy atom. The summed E-state index contributed by atoms with van der Waals surface area (Å²) < 4.78 is 1.08. The van der Waals surface area contributed by atoms with E-state index in [4.69, 9.17) is 0 Å². The molecule has 1 fully saturated rings. The van der Waals surface area contributed by atoms with E-state index in [1.165, 1.54) is 0 Å². The van der Waals surface area contributed by atoms with Gasteiger partial charge in [0, 0.05) is 36.9 Å². The molecule has 0 spiro atoms. The van der Waals surface area contributed by atoms with Crippen molar-refractivity contribution in [2.24, 2.45) is 5.92 Å². The van der Waals surface area contributed by atoms with E-state index in [-0.39, 0.29) is 35.0 Å². The van der Waals surface area contributed by atoms with E-state index in [2.05, 4.69) is 52.1 Å². The van der Waals surface area contributed by atoms with E-state index in [9.17, 15) is 14.4 Å². The number of piperidine rings is 1. The number of carbonyl (C=O) groups excluding carboxylic acids is 2. The fourth-order valence-corrected chi connectivity index (χ4v) is 4.24. The van der Waals surface area contributed by atoms with Gasteiger partial charge >= 0.3 is 0 Å². The van der Waals surface area contributed by atoms with Crippen LogP contribution in [-0.4, -0.2) is 50.8 Å². The van der Waals surface area contributed by atoms with Gasteiger partial charge in [0.25, 0.3) is 17.4 Å². The second-order valence-corrected chi connectivity index (χ2v) is 9.24. The first-order valence-electron chi connectivity index (χ1n) is 9.72. The number of hydrogen-bond acceptors (Lipinski definition) is 5. The number of aromatic amines is 1. The number of fused-ring (bicyclic) bond motifs is 1. The first-order chi connectivity index (χ1) is 14.8. The first-order valence-corrected chi connectivity index (χ1v) is 11.3. The zero-order valence-corrected chi connectivity index (χ0v) is 19.7. The van der Waals surface area contributed by atoms with Crippen LogP contribution >= 0.6 is 31.9 Å². The van der Waals surface area contributed by atoms with Gasteiger partial charge in [-0.05, 0) is 68.5 Å². The molecule has 2 atom stereocenters. The third kappa shape index (κ3) is 4.54. The number of carbonyl (C=O) groups is 2. The average molecular weight is 549 g/mol. The minimum Gasteiger partial charge on any atom is -0.346 e. The zero-order chi connectivity index (χ0) is 22.1. The summed E-state index contributed by atoms with van der Waals surface area (Å²) in [5.74, 6) is -0.377. The average Bonchev–Trinajstić information content (AvgIpc) is 2.76. The van der Waals surface area contributed by atoms with Crippen molar-refractivity contribution in [1.29, 1.82) is 0 Å². The Bertz CT molecular complexity index is 1230. The van der Waals surface area contributed by atoms with Crippen molar-refractivity contribution in [2.75, 3.05) is 13.1 Å². The highest BCUT2D eigenvalue weighted by molar-refractivity contribution is 9.10. The smallest absolute Gasteiger partial charge is 0.270 e. The van der Waals surface area contributed by atoms with Crippen LogP contribution in [0, 0.1) is 5.92 Å². The lowest BCUT2D eigenvalue weighted by Crippen LogP contribution is -2.53. The molecule has 0 aromatic carbocycles. The molecule has 8 nitrogen and oxygen atoms in total. The molecule has 0 bridgehead atoms. The van der Waals surface area contributed by atoms with Crippen LogP contribution in [-0.2, 0) is 0 Å². The molecule has 1 saturated heterocycles. The summed E-state index contributed by atoms with van der Waals surface area (Å²) in [4.78, 5) is 50.4. The molecule has 0 radical (unpaired) electrons. The maximum absolute atomic E-state index is 12.9. The summed E-state index contributed by atoms with van der Waals surface area (Å²) in [5.41, 5.74) is 0.829. The van der Waals surface area contributed by atoms with E-state index in [0.717, 1.165) is 11.8 Å². The molecule has 2 N–H and O–H groups in total. The molecular weight excluding hydrogens is 530 g/mol. The topological polar surface area (TPSA) is 108 Å². The van der Waals surface area contributed by atoms with Crippen molar-refractivity contribution in [3.8, 4) is 0 Å². The van der Waals surface area contributed by atoms with Crippen molar-refractivity contribution in [3.63, 3.8) is 0 Å². The van der Waals surface area contributed by atoms with E-state index < -0.39 is 0 Å². The SMILES string of the molecule is CC1CCN(C(=O)c2ccc(Br)c(=O)[nH]2)CC1NC(=O)c1ccc2cncc(Br)c2n1. The number of likely N-dealkylation sites (tertiary alicyclic amines) is 1. The van der Waals surface area contributed by atoms with Crippen molar-refractivity contribution in [2.45, 2.75) is 19.4 Å². The Hall–Kier alpha value is -2.59.